The number of carbonyl (C=O) groups excluding carboxylic acids is 2. The number of anilines is 3. The minimum Gasteiger partial charge on any atom is -0.355 e. The molecule has 0 aliphatic rings. The highest BCUT2D eigenvalue weighted by molar-refractivity contribution is 5.93. The van der Waals surface area contributed by atoms with E-state index in [1.807, 2.05) is 54.6 Å². The van der Waals surface area contributed by atoms with E-state index in [4.69, 9.17) is 5.21 Å². The molecule has 0 atom stereocenters. The summed E-state index contributed by atoms with van der Waals surface area (Å²) in [7, 11) is 0. The van der Waals surface area contributed by atoms with Gasteiger partial charge in [0, 0.05) is 41.5 Å². The van der Waals surface area contributed by atoms with E-state index in [1.54, 1.807) is 11.7 Å². The number of unbranched alkanes of at least 4 members (excludes halogenated alkanes) is 3. The summed E-state index contributed by atoms with van der Waals surface area (Å²) in [5, 5.41) is 15.8. The van der Waals surface area contributed by atoms with Crippen molar-refractivity contribution in [2.24, 2.45) is 0 Å². The molecule has 2 aromatic carbocycles. The third-order valence-corrected chi connectivity index (χ3v) is 4.78. The Hall–Kier alpha value is -3.45. The fraction of sp³-hybridized carbons (Fsp3) is 0.261. The summed E-state index contributed by atoms with van der Waals surface area (Å²) in [4.78, 5) is 27.4. The first-order chi connectivity index (χ1) is 14.7. The van der Waals surface area contributed by atoms with Crippen LogP contribution in [0.5, 0.6) is 0 Å². The van der Waals surface area contributed by atoms with Gasteiger partial charge in [-0.2, -0.15) is 0 Å². The van der Waals surface area contributed by atoms with E-state index in [-0.39, 0.29) is 11.8 Å². The maximum atomic E-state index is 12.1. The predicted octanol–water partition coefficient (Wildman–Crippen LogP) is 4.76. The van der Waals surface area contributed by atoms with Crippen LogP contribution in [0.1, 0.15) is 38.5 Å². The number of rotatable bonds is 10. The lowest BCUT2D eigenvalue weighted by atomic mass is 10.1. The molecule has 3 aromatic rings. The van der Waals surface area contributed by atoms with Gasteiger partial charge in [0.25, 0.3) is 0 Å². The summed E-state index contributed by atoms with van der Waals surface area (Å²) in [5.74, 6) is -0.397. The van der Waals surface area contributed by atoms with Crippen molar-refractivity contribution in [2.45, 2.75) is 38.5 Å². The number of hydrogen-bond donors (Lipinski definition) is 4. The minimum absolute atomic E-state index is 0.0241. The van der Waals surface area contributed by atoms with Crippen molar-refractivity contribution >= 4 is 39.8 Å². The van der Waals surface area contributed by atoms with Crippen molar-refractivity contribution < 1.29 is 14.8 Å². The zero-order chi connectivity index (χ0) is 21.2. The second-order valence-corrected chi connectivity index (χ2v) is 7.08. The van der Waals surface area contributed by atoms with Crippen LogP contribution >= 0.6 is 0 Å². The standard InChI is InChI=1S/C23H26N4O3/c28-22(9-3-1-2-4-10-23(29)27-30)26-18-13-11-17(12-14-18)25-21-15-16-24-20-8-6-5-7-19(20)21/h5-8,11-16,30H,1-4,9-10H2,(H,24,25)(H,26,28)(H,27,29). The van der Waals surface area contributed by atoms with Gasteiger partial charge in [-0.25, -0.2) is 5.48 Å². The third-order valence-electron chi connectivity index (χ3n) is 4.78. The van der Waals surface area contributed by atoms with Crippen LogP contribution < -0.4 is 16.1 Å². The normalized spacial score (nSPS) is 10.6. The summed E-state index contributed by atoms with van der Waals surface area (Å²) < 4.78 is 0. The first-order valence-electron chi connectivity index (χ1n) is 10.1. The topological polar surface area (TPSA) is 103 Å². The molecular weight excluding hydrogens is 380 g/mol. The highest BCUT2D eigenvalue weighted by Crippen LogP contribution is 2.25. The average Bonchev–Trinajstić information content (AvgIpc) is 2.77. The Morgan fingerprint density at radius 2 is 1.47 bits per heavy atom. The van der Waals surface area contributed by atoms with E-state index < -0.39 is 0 Å². The van der Waals surface area contributed by atoms with Crippen LogP contribution in [0.2, 0.25) is 0 Å². The number of benzene rings is 2. The lowest BCUT2D eigenvalue weighted by molar-refractivity contribution is -0.129. The lowest BCUT2D eigenvalue weighted by Crippen LogP contribution is -2.17. The van der Waals surface area contributed by atoms with Crippen LogP contribution in [0.4, 0.5) is 17.1 Å². The van der Waals surface area contributed by atoms with Crippen LogP contribution in [0.25, 0.3) is 10.9 Å². The van der Waals surface area contributed by atoms with Gasteiger partial charge in [-0.3, -0.25) is 19.8 Å². The first kappa shape index (κ1) is 21.3. The number of nitrogens with zero attached hydrogens (tertiary/aromatic N) is 1. The van der Waals surface area contributed by atoms with Crippen molar-refractivity contribution in [3.8, 4) is 0 Å². The molecule has 0 bridgehead atoms. The highest BCUT2D eigenvalue weighted by Gasteiger charge is 2.05. The van der Waals surface area contributed by atoms with Crippen LogP contribution in [0.15, 0.2) is 60.8 Å². The Balaban J connectivity index is 1.44. The molecule has 7 heteroatoms. The molecule has 7 nitrogen and oxygen atoms in total. The number of aromatic nitrogens is 1. The number of nitrogens with one attached hydrogen (secondary N) is 3. The molecule has 0 aliphatic heterocycles. The fourth-order valence-corrected chi connectivity index (χ4v) is 3.20. The van der Waals surface area contributed by atoms with Gasteiger partial charge in [-0.05, 0) is 49.2 Å². The van der Waals surface area contributed by atoms with Crippen molar-refractivity contribution in [3.63, 3.8) is 0 Å². The largest absolute Gasteiger partial charge is 0.355 e. The Bertz CT molecular complexity index is 984. The Kier molecular flexibility index (Phi) is 7.74. The molecule has 1 aromatic heterocycles. The molecule has 1 heterocycles. The van der Waals surface area contributed by atoms with Crippen molar-refractivity contribution in [2.75, 3.05) is 10.6 Å². The number of fused-ring (bicyclic) bond motifs is 1. The number of para-hydroxylation sites is 1. The number of carbonyl (C=O) groups is 2. The van der Waals surface area contributed by atoms with Crippen LogP contribution in [0, 0.1) is 0 Å². The van der Waals surface area contributed by atoms with Crippen molar-refractivity contribution in [1.29, 1.82) is 0 Å². The quantitative estimate of drug-likeness (QED) is 0.221. The summed E-state index contributed by atoms with van der Waals surface area (Å²) in [5.41, 5.74) is 5.21. The molecule has 0 aliphatic carbocycles. The molecule has 0 saturated heterocycles. The number of hydroxylamine groups is 1. The number of pyridine rings is 1. The Morgan fingerprint density at radius 3 is 2.20 bits per heavy atom. The maximum Gasteiger partial charge on any atom is 0.243 e. The van der Waals surface area contributed by atoms with Gasteiger partial charge in [-0.1, -0.05) is 31.0 Å². The first-order valence-corrected chi connectivity index (χ1v) is 10.1. The maximum absolute atomic E-state index is 12.1. The average molecular weight is 406 g/mol. The molecule has 156 valence electrons. The van der Waals surface area contributed by atoms with E-state index in [2.05, 4.69) is 15.6 Å². The van der Waals surface area contributed by atoms with E-state index in [1.165, 1.54) is 0 Å². The SMILES string of the molecule is O=C(CCCCCCC(=O)Nc1ccc(Nc2ccnc3ccccc23)cc1)NO. The van der Waals surface area contributed by atoms with Crippen molar-refractivity contribution in [1.82, 2.24) is 10.5 Å². The van der Waals surface area contributed by atoms with Gasteiger partial charge in [-0.15, -0.1) is 0 Å². The van der Waals surface area contributed by atoms with Crippen LogP contribution in [-0.2, 0) is 9.59 Å². The molecule has 3 rings (SSSR count). The molecular formula is C23H26N4O3. The zero-order valence-corrected chi connectivity index (χ0v) is 16.7. The Morgan fingerprint density at radius 1 is 0.800 bits per heavy atom. The highest BCUT2D eigenvalue weighted by atomic mass is 16.5. The zero-order valence-electron chi connectivity index (χ0n) is 16.7. The van der Waals surface area contributed by atoms with Gasteiger partial charge in [0.1, 0.15) is 0 Å². The van der Waals surface area contributed by atoms with Gasteiger partial charge in [0.05, 0.1) is 5.52 Å². The molecule has 0 spiro atoms. The summed E-state index contributed by atoms with van der Waals surface area (Å²) in [6, 6.07) is 17.5. The monoisotopic (exact) mass is 406 g/mol. The number of hydrogen-bond acceptors (Lipinski definition) is 5. The molecule has 0 unspecified atom stereocenters. The van der Waals surface area contributed by atoms with E-state index >= 15 is 0 Å². The lowest BCUT2D eigenvalue weighted by Gasteiger charge is -2.11. The van der Waals surface area contributed by atoms with Gasteiger partial charge >= 0.3 is 0 Å². The van der Waals surface area contributed by atoms with Gasteiger partial charge in [0.15, 0.2) is 0 Å². The van der Waals surface area contributed by atoms with Crippen LogP contribution in [0.3, 0.4) is 0 Å². The third kappa shape index (κ3) is 6.28. The molecule has 0 fully saturated rings. The molecule has 2 amide bonds. The second-order valence-electron chi connectivity index (χ2n) is 7.08. The Labute approximate surface area is 175 Å². The second kappa shape index (κ2) is 10.9. The summed E-state index contributed by atoms with van der Waals surface area (Å²) in [6.45, 7) is 0. The van der Waals surface area contributed by atoms with Gasteiger partial charge in [0.2, 0.25) is 11.8 Å². The smallest absolute Gasteiger partial charge is 0.243 e. The van der Waals surface area contributed by atoms with E-state index in [9.17, 15) is 9.59 Å². The summed E-state index contributed by atoms with van der Waals surface area (Å²) in [6.07, 6.45) is 5.71. The molecule has 4 N–H and O–H groups in total. The minimum atomic E-state index is -0.372. The number of amides is 2. The van der Waals surface area contributed by atoms with E-state index in [0.717, 1.165) is 47.2 Å². The summed E-state index contributed by atoms with van der Waals surface area (Å²) >= 11 is 0. The predicted molar refractivity (Wildman–Crippen MR) is 118 cm³/mol. The van der Waals surface area contributed by atoms with E-state index in [0.29, 0.717) is 19.3 Å². The fourth-order valence-electron chi connectivity index (χ4n) is 3.20. The van der Waals surface area contributed by atoms with Crippen molar-refractivity contribution in [3.05, 3.63) is 60.8 Å². The molecule has 30 heavy (non-hydrogen) atoms. The molecule has 0 radical (unpaired) electrons. The molecule has 0 saturated carbocycles. The van der Waals surface area contributed by atoms with Gasteiger partial charge < -0.3 is 10.6 Å². The van der Waals surface area contributed by atoms with Crippen LogP contribution in [-0.4, -0.2) is 22.0 Å².